The highest BCUT2D eigenvalue weighted by atomic mass is 19.4. The summed E-state index contributed by atoms with van der Waals surface area (Å²) in [6.45, 7) is 1.78. The number of piperazine rings is 1. The minimum absolute atomic E-state index is 0.0187. The molecule has 3 aliphatic heterocycles. The van der Waals surface area contributed by atoms with Crippen LogP contribution in [0.4, 0.5) is 32.0 Å². The van der Waals surface area contributed by atoms with Crippen molar-refractivity contribution in [2.24, 2.45) is 11.3 Å². The van der Waals surface area contributed by atoms with Gasteiger partial charge in [0.25, 0.3) is 0 Å². The molecule has 5 aliphatic rings. The Morgan fingerprint density at radius 2 is 1.73 bits per heavy atom. The standard InChI is InChI=1S/C29H37F6N3O3/c1-36(24-5-7-41-16-25(24)40-2)21-9-17-4-3-6-27(17,13-21)26(39)38-15-22-12-23(38)14-37(22)20-10-18(28(30,31)32)8-19(11-20)29(33,34)35/h8,10-11,17,21-25H,3-7,9,12-16H2,1-2H3/t17-,21-,22+,23+,24+,25-,27-/m1/s1. The third-order valence-corrected chi connectivity index (χ3v) is 10.6. The first-order valence-corrected chi connectivity index (χ1v) is 14.5. The zero-order chi connectivity index (χ0) is 29.3. The maximum absolute atomic E-state index is 14.3. The number of halogens is 6. The van der Waals surface area contributed by atoms with Crippen LogP contribution in [0.5, 0.6) is 0 Å². The van der Waals surface area contributed by atoms with Crippen molar-refractivity contribution in [1.82, 2.24) is 9.80 Å². The van der Waals surface area contributed by atoms with Gasteiger partial charge in [-0.2, -0.15) is 26.3 Å². The number of carbonyl (C=O) groups is 1. The molecule has 41 heavy (non-hydrogen) atoms. The number of fused-ring (bicyclic) bond motifs is 3. The number of likely N-dealkylation sites (tertiary alicyclic amines) is 1. The number of methoxy groups -OCH3 is 1. The first kappa shape index (κ1) is 29.0. The Labute approximate surface area is 235 Å². The van der Waals surface area contributed by atoms with Gasteiger partial charge < -0.3 is 19.3 Å². The fourth-order valence-corrected chi connectivity index (χ4v) is 8.55. The molecule has 7 atom stereocenters. The Morgan fingerprint density at radius 1 is 1.02 bits per heavy atom. The topological polar surface area (TPSA) is 45.3 Å². The number of carbonyl (C=O) groups excluding carboxylic acids is 1. The zero-order valence-electron chi connectivity index (χ0n) is 23.3. The maximum atomic E-state index is 14.3. The molecule has 0 aromatic heterocycles. The van der Waals surface area contributed by atoms with Gasteiger partial charge in [-0.1, -0.05) is 6.42 Å². The first-order valence-electron chi connectivity index (χ1n) is 14.5. The number of alkyl halides is 6. The van der Waals surface area contributed by atoms with Crippen molar-refractivity contribution in [3.8, 4) is 0 Å². The van der Waals surface area contributed by atoms with Crippen LogP contribution in [-0.4, -0.2) is 86.4 Å². The average molecular weight is 590 g/mol. The van der Waals surface area contributed by atoms with Crippen LogP contribution in [0.15, 0.2) is 18.2 Å². The van der Waals surface area contributed by atoms with Crippen molar-refractivity contribution in [2.45, 2.75) is 87.6 Å². The Kier molecular flexibility index (Phi) is 7.29. The van der Waals surface area contributed by atoms with Crippen LogP contribution < -0.4 is 4.90 Å². The molecule has 228 valence electrons. The summed E-state index contributed by atoms with van der Waals surface area (Å²) >= 11 is 0. The molecule has 6 rings (SSSR count). The monoisotopic (exact) mass is 589 g/mol. The molecular weight excluding hydrogens is 552 g/mol. The Morgan fingerprint density at radius 3 is 2.34 bits per heavy atom. The van der Waals surface area contributed by atoms with Gasteiger partial charge in [0, 0.05) is 50.6 Å². The summed E-state index contributed by atoms with van der Waals surface area (Å²) in [5.74, 6) is 0.398. The van der Waals surface area contributed by atoms with Crippen LogP contribution in [0.1, 0.15) is 56.1 Å². The fraction of sp³-hybridized carbons (Fsp3) is 0.759. The van der Waals surface area contributed by atoms with Gasteiger partial charge in [-0.05, 0) is 69.7 Å². The second-order valence-electron chi connectivity index (χ2n) is 12.6. The van der Waals surface area contributed by atoms with E-state index in [0.717, 1.165) is 50.7 Å². The van der Waals surface area contributed by atoms with Gasteiger partial charge in [0.15, 0.2) is 0 Å². The number of likely N-dealkylation sites (N-methyl/N-ethyl adjacent to an activating group) is 1. The Bertz CT molecular complexity index is 1130. The number of nitrogens with zero attached hydrogens (tertiary/aromatic N) is 3. The molecule has 2 bridgehead atoms. The van der Waals surface area contributed by atoms with Gasteiger partial charge in [0.2, 0.25) is 5.91 Å². The van der Waals surface area contributed by atoms with Crippen molar-refractivity contribution in [2.75, 3.05) is 45.4 Å². The van der Waals surface area contributed by atoms with Gasteiger partial charge in [-0.15, -0.1) is 0 Å². The molecule has 12 heteroatoms. The molecule has 5 fully saturated rings. The predicted octanol–water partition coefficient (Wildman–Crippen LogP) is 5.20. The number of hydrogen-bond donors (Lipinski definition) is 0. The van der Waals surface area contributed by atoms with Gasteiger partial charge in [0.1, 0.15) is 0 Å². The lowest BCUT2D eigenvalue weighted by molar-refractivity contribution is -0.145. The number of rotatable bonds is 5. The number of hydrogen-bond acceptors (Lipinski definition) is 5. The summed E-state index contributed by atoms with van der Waals surface area (Å²) < 4.78 is 92.1. The van der Waals surface area contributed by atoms with Crippen LogP contribution in [-0.2, 0) is 26.6 Å². The highest BCUT2D eigenvalue weighted by Crippen LogP contribution is 2.57. The van der Waals surface area contributed by atoms with E-state index >= 15 is 0 Å². The van der Waals surface area contributed by atoms with Crippen molar-refractivity contribution >= 4 is 11.6 Å². The molecule has 2 aliphatic carbocycles. The van der Waals surface area contributed by atoms with E-state index in [0.29, 0.717) is 26.2 Å². The van der Waals surface area contributed by atoms with E-state index in [1.807, 2.05) is 4.90 Å². The molecule has 6 nitrogen and oxygen atoms in total. The molecule has 1 aromatic rings. The van der Waals surface area contributed by atoms with E-state index in [-0.39, 0.29) is 60.4 Å². The zero-order valence-corrected chi connectivity index (χ0v) is 23.3. The van der Waals surface area contributed by atoms with Gasteiger partial charge >= 0.3 is 12.4 Å². The third kappa shape index (κ3) is 5.01. The van der Waals surface area contributed by atoms with E-state index in [9.17, 15) is 31.1 Å². The molecule has 3 heterocycles. The summed E-state index contributed by atoms with van der Waals surface area (Å²) in [6, 6.07) is 1.69. The van der Waals surface area contributed by atoms with Crippen LogP contribution in [0.2, 0.25) is 0 Å². The number of anilines is 1. The SMILES string of the molecule is CO[C@@H]1COCC[C@@H]1N(C)[C@@H]1C[C@H]2CCC[C@@]2(C(=O)N2C[C@@H]3C[C@H]2CN3c2cc(C(F)(F)F)cc(C(F)(F)F)c2)C1. The lowest BCUT2D eigenvalue weighted by Crippen LogP contribution is -2.54. The predicted molar refractivity (Wildman–Crippen MR) is 138 cm³/mol. The molecular formula is C29H37F6N3O3. The minimum Gasteiger partial charge on any atom is -0.379 e. The number of amides is 1. The largest absolute Gasteiger partial charge is 0.416 e. The first-order chi connectivity index (χ1) is 19.3. The maximum Gasteiger partial charge on any atom is 0.416 e. The Balaban J connectivity index is 1.18. The van der Waals surface area contributed by atoms with Gasteiger partial charge in [-0.3, -0.25) is 9.69 Å². The van der Waals surface area contributed by atoms with E-state index < -0.39 is 28.9 Å². The number of ether oxygens (including phenoxy) is 2. The normalized spacial score (nSPS) is 35.5. The van der Waals surface area contributed by atoms with Crippen LogP contribution in [0.25, 0.3) is 0 Å². The van der Waals surface area contributed by atoms with Crippen LogP contribution in [0, 0.1) is 11.3 Å². The van der Waals surface area contributed by atoms with Crippen LogP contribution in [0.3, 0.4) is 0 Å². The van der Waals surface area contributed by atoms with Crippen molar-refractivity contribution in [3.63, 3.8) is 0 Å². The molecule has 0 unspecified atom stereocenters. The summed E-state index contributed by atoms with van der Waals surface area (Å²) in [4.78, 5) is 20.2. The number of benzene rings is 1. The Hall–Kier alpha value is -2.05. The van der Waals surface area contributed by atoms with E-state index in [2.05, 4.69) is 11.9 Å². The van der Waals surface area contributed by atoms with Crippen molar-refractivity contribution in [3.05, 3.63) is 29.3 Å². The highest BCUT2D eigenvalue weighted by Gasteiger charge is 2.60. The second kappa shape index (κ2) is 10.3. The lowest BCUT2D eigenvalue weighted by atomic mass is 9.78. The van der Waals surface area contributed by atoms with Crippen molar-refractivity contribution < 1.29 is 40.6 Å². The fourth-order valence-electron chi connectivity index (χ4n) is 8.55. The molecule has 2 saturated carbocycles. The van der Waals surface area contributed by atoms with E-state index in [1.54, 1.807) is 12.0 Å². The van der Waals surface area contributed by atoms with E-state index in [4.69, 9.17) is 9.47 Å². The van der Waals surface area contributed by atoms with Crippen molar-refractivity contribution in [1.29, 1.82) is 0 Å². The minimum atomic E-state index is -4.90. The molecule has 1 amide bonds. The van der Waals surface area contributed by atoms with Crippen LogP contribution >= 0.6 is 0 Å². The average Bonchev–Trinajstić information content (AvgIpc) is 3.71. The molecule has 0 radical (unpaired) electrons. The third-order valence-electron chi connectivity index (χ3n) is 10.6. The molecule has 1 aromatic carbocycles. The summed E-state index contributed by atoms with van der Waals surface area (Å²) in [5.41, 5.74) is -3.17. The summed E-state index contributed by atoms with van der Waals surface area (Å²) in [5, 5.41) is 0. The molecule has 0 N–H and O–H groups in total. The quantitative estimate of drug-likeness (QED) is 0.442. The lowest BCUT2D eigenvalue weighted by Gasteiger charge is -2.42. The van der Waals surface area contributed by atoms with Gasteiger partial charge in [-0.25, -0.2) is 0 Å². The second-order valence-corrected chi connectivity index (χ2v) is 12.6. The molecule has 3 saturated heterocycles. The van der Waals surface area contributed by atoms with Gasteiger partial charge in [0.05, 0.1) is 35.3 Å². The highest BCUT2D eigenvalue weighted by molar-refractivity contribution is 5.85. The smallest absolute Gasteiger partial charge is 0.379 e. The molecule has 0 spiro atoms. The summed E-state index contributed by atoms with van der Waals surface area (Å²) in [6.07, 6.45) is -3.88. The summed E-state index contributed by atoms with van der Waals surface area (Å²) in [7, 11) is 3.81. The van der Waals surface area contributed by atoms with E-state index in [1.165, 1.54) is 0 Å².